The van der Waals surface area contributed by atoms with Crippen molar-refractivity contribution in [2.24, 2.45) is 0 Å². The molecular weight excluding hydrogens is 326 g/mol. The van der Waals surface area contributed by atoms with Crippen LogP contribution in [0.3, 0.4) is 0 Å². The van der Waals surface area contributed by atoms with E-state index in [4.69, 9.17) is 0 Å². The van der Waals surface area contributed by atoms with E-state index in [0.29, 0.717) is 6.42 Å². The van der Waals surface area contributed by atoms with Gasteiger partial charge >= 0.3 is 0 Å². The first-order chi connectivity index (χ1) is 12.8. The maximum atomic E-state index is 11.4. The van der Waals surface area contributed by atoms with Crippen LogP contribution in [-0.4, -0.2) is 53.5 Å². The Balaban J connectivity index is 1.24. The molecule has 2 aliphatic heterocycles. The van der Waals surface area contributed by atoms with Crippen molar-refractivity contribution in [3.8, 4) is 0 Å². The topological polar surface area (TPSA) is 61.4 Å². The molecule has 1 atom stereocenters. The Morgan fingerprint density at radius 3 is 2.42 bits per heavy atom. The largest absolute Gasteiger partial charge is 0.349 e. The van der Waals surface area contributed by atoms with E-state index in [1.807, 2.05) is 6.07 Å². The summed E-state index contributed by atoms with van der Waals surface area (Å²) in [6, 6.07) is 10.8. The van der Waals surface area contributed by atoms with E-state index >= 15 is 0 Å². The van der Waals surface area contributed by atoms with Gasteiger partial charge in [-0.1, -0.05) is 24.3 Å². The number of anilines is 1. The smallest absolute Gasteiger partial charge is 0.225 e. The predicted octanol–water partition coefficient (Wildman–Crippen LogP) is 1.79. The van der Waals surface area contributed by atoms with Crippen molar-refractivity contribution in [2.45, 2.75) is 25.3 Å². The molecule has 0 spiro atoms. The first kappa shape index (κ1) is 17.0. The number of nitrogens with zero attached hydrogens (tertiary/aromatic N) is 4. The van der Waals surface area contributed by atoms with Crippen LogP contribution in [0.2, 0.25) is 0 Å². The molecule has 1 N–H and O–H groups in total. The molecule has 1 unspecified atom stereocenters. The summed E-state index contributed by atoms with van der Waals surface area (Å²) < 4.78 is 0. The van der Waals surface area contributed by atoms with Gasteiger partial charge in [-0.2, -0.15) is 0 Å². The molecular formula is C20H25N5O. The summed E-state index contributed by atoms with van der Waals surface area (Å²) in [6.07, 6.45) is 6.21. The normalized spacial score (nSPS) is 21.0. The maximum Gasteiger partial charge on any atom is 0.225 e. The average molecular weight is 351 g/mol. The third-order valence-electron chi connectivity index (χ3n) is 5.30. The number of carbonyl (C=O) groups is 1. The summed E-state index contributed by atoms with van der Waals surface area (Å²) in [6.45, 7) is 5.12. The van der Waals surface area contributed by atoms with E-state index in [1.165, 1.54) is 11.1 Å². The molecule has 0 bridgehead atoms. The molecule has 0 aliphatic carbocycles. The van der Waals surface area contributed by atoms with Crippen molar-refractivity contribution < 1.29 is 4.79 Å². The van der Waals surface area contributed by atoms with Crippen LogP contribution in [0, 0.1) is 0 Å². The molecule has 4 rings (SSSR count). The zero-order valence-corrected chi connectivity index (χ0v) is 15.0. The van der Waals surface area contributed by atoms with Crippen LogP contribution in [0.15, 0.2) is 42.7 Å². The lowest BCUT2D eigenvalue weighted by Crippen LogP contribution is -2.47. The standard InChI is InChI=1S/C20H25N5O/c26-19-7-6-18(23-19)17-4-2-16(3-5-17)8-11-24-12-14-25(15-13-24)20-21-9-1-10-22-20/h1-5,9-10,18H,6-8,11-15H2,(H,23,26). The first-order valence-corrected chi connectivity index (χ1v) is 9.40. The highest BCUT2D eigenvalue weighted by molar-refractivity contribution is 5.78. The minimum absolute atomic E-state index is 0.166. The summed E-state index contributed by atoms with van der Waals surface area (Å²) >= 11 is 0. The lowest BCUT2D eigenvalue weighted by atomic mass is 10.0. The number of nitrogens with one attached hydrogen (secondary N) is 1. The Hall–Kier alpha value is -2.47. The van der Waals surface area contributed by atoms with Gasteiger partial charge in [0.15, 0.2) is 0 Å². The summed E-state index contributed by atoms with van der Waals surface area (Å²) in [7, 11) is 0. The number of aromatic nitrogens is 2. The van der Waals surface area contributed by atoms with Gasteiger partial charge in [0.25, 0.3) is 0 Å². The molecule has 1 aromatic heterocycles. The monoisotopic (exact) mass is 351 g/mol. The fraction of sp³-hybridized carbons (Fsp3) is 0.450. The van der Waals surface area contributed by atoms with Crippen LogP contribution < -0.4 is 10.2 Å². The molecule has 2 saturated heterocycles. The number of amides is 1. The molecule has 2 aromatic rings. The van der Waals surface area contributed by atoms with E-state index in [2.05, 4.69) is 49.4 Å². The first-order valence-electron chi connectivity index (χ1n) is 9.40. The molecule has 136 valence electrons. The van der Waals surface area contributed by atoms with Gasteiger partial charge < -0.3 is 10.2 Å². The van der Waals surface area contributed by atoms with Crippen molar-refractivity contribution in [3.05, 3.63) is 53.9 Å². The van der Waals surface area contributed by atoms with Crippen LogP contribution in [0.1, 0.15) is 30.0 Å². The molecule has 2 aliphatic rings. The fourth-order valence-corrected chi connectivity index (χ4v) is 3.69. The Morgan fingerprint density at radius 2 is 1.77 bits per heavy atom. The van der Waals surface area contributed by atoms with Gasteiger partial charge in [0.05, 0.1) is 6.04 Å². The van der Waals surface area contributed by atoms with Crippen LogP contribution in [0.25, 0.3) is 0 Å². The third kappa shape index (κ3) is 4.02. The molecule has 0 saturated carbocycles. The molecule has 1 aromatic carbocycles. The summed E-state index contributed by atoms with van der Waals surface area (Å²) in [5, 5.41) is 3.03. The Bertz CT molecular complexity index is 726. The predicted molar refractivity (Wildman–Crippen MR) is 101 cm³/mol. The Kier molecular flexibility index (Phi) is 5.11. The minimum atomic E-state index is 0.166. The lowest BCUT2D eigenvalue weighted by molar-refractivity contribution is -0.119. The SMILES string of the molecule is O=C1CCC(c2ccc(CCN3CCN(c4ncccn4)CC3)cc2)N1. The van der Waals surface area contributed by atoms with E-state index < -0.39 is 0 Å². The van der Waals surface area contributed by atoms with Gasteiger partial charge in [-0.15, -0.1) is 0 Å². The number of benzene rings is 1. The van der Waals surface area contributed by atoms with Crippen LogP contribution in [-0.2, 0) is 11.2 Å². The van der Waals surface area contributed by atoms with E-state index in [0.717, 1.165) is 51.5 Å². The second-order valence-corrected chi connectivity index (χ2v) is 7.03. The van der Waals surface area contributed by atoms with Crippen LogP contribution in [0.4, 0.5) is 5.95 Å². The number of piperazine rings is 1. The fourth-order valence-electron chi connectivity index (χ4n) is 3.69. The van der Waals surface area contributed by atoms with Crippen molar-refractivity contribution in [3.63, 3.8) is 0 Å². The molecule has 2 fully saturated rings. The number of rotatable bonds is 5. The number of carbonyl (C=O) groups excluding carboxylic acids is 1. The minimum Gasteiger partial charge on any atom is -0.349 e. The van der Waals surface area contributed by atoms with Gasteiger partial charge in [0.1, 0.15) is 0 Å². The number of hydrogen-bond acceptors (Lipinski definition) is 5. The van der Waals surface area contributed by atoms with Gasteiger partial charge in [0, 0.05) is 51.5 Å². The van der Waals surface area contributed by atoms with E-state index in [1.54, 1.807) is 12.4 Å². The zero-order chi connectivity index (χ0) is 17.8. The number of hydrogen-bond donors (Lipinski definition) is 1. The summed E-state index contributed by atoms with van der Waals surface area (Å²) in [5.41, 5.74) is 2.57. The van der Waals surface area contributed by atoms with Crippen molar-refractivity contribution in [1.29, 1.82) is 0 Å². The molecule has 26 heavy (non-hydrogen) atoms. The van der Waals surface area contributed by atoms with Gasteiger partial charge in [-0.05, 0) is 30.0 Å². The van der Waals surface area contributed by atoms with Gasteiger partial charge in [-0.25, -0.2) is 9.97 Å². The second-order valence-electron chi connectivity index (χ2n) is 7.03. The highest BCUT2D eigenvalue weighted by atomic mass is 16.1. The van der Waals surface area contributed by atoms with E-state index in [-0.39, 0.29) is 11.9 Å². The van der Waals surface area contributed by atoms with Crippen LogP contribution in [0.5, 0.6) is 0 Å². The maximum absolute atomic E-state index is 11.4. The third-order valence-corrected chi connectivity index (χ3v) is 5.30. The molecule has 6 nitrogen and oxygen atoms in total. The highest BCUT2D eigenvalue weighted by Crippen LogP contribution is 2.24. The summed E-state index contributed by atoms with van der Waals surface area (Å²) in [5.74, 6) is 1.00. The highest BCUT2D eigenvalue weighted by Gasteiger charge is 2.22. The second kappa shape index (κ2) is 7.83. The molecule has 0 radical (unpaired) electrons. The molecule has 1 amide bonds. The molecule has 3 heterocycles. The quantitative estimate of drug-likeness (QED) is 0.890. The Morgan fingerprint density at radius 1 is 1.04 bits per heavy atom. The zero-order valence-electron chi connectivity index (χ0n) is 15.0. The Labute approximate surface area is 154 Å². The van der Waals surface area contributed by atoms with Gasteiger partial charge in [0.2, 0.25) is 11.9 Å². The van der Waals surface area contributed by atoms with E-state index in [9.17, 15) is 4.79 Å². The van der Waals surface area contributed by atoms with Gasteiger partial charge in [-0.3, -0.25) is 9.69 Å². The molecule has 6 heteroatoms. The summed E-state index contributed by atoms with van der Waals surface area (Å²) in [4.78, 5) is 24.8. The van der Waals surface area contributed by atoms with Crippen molar-refractivity contribution in [2.75, 3.05) is 37.6 Å². The van der Waals surface area contributed by atoms with Crippen LogP contribution >= 0.6 is 0 Å². The van der Waals surface area contributed by atoms with Crippen molar-refractivity contribution >= 4 is 11.9 Å². The lowest BCUT2D eigenvalue weighted by Gasteiger charge is -2.34. The average Bonchev–Trinajstić information content (AvgIpc) is 3.14. The van der Waals surface area contributed by atoms with Crippen molar-refractivity contribution in [1.82, 2.24) is 20.2 Å².